The van der Waals surface area contributed by atoms with Crippen molar-refractivity contribution in [1.29, 1.82) is 0 Å². The van der Waals surface area contributed by atoms with E-state index in [4.69, 9.17) is 43.0 Å². The first-order chi connectivity index (χ1) is 60.9. The molecule has 18 aromatic rings. The molecule has 3 atom stereocenters. The summed E-state index contributed by atoms with van der Waals surface area (Å²) in [5, 5.41) is 20.4. The summed E-state index contributed by atoms with van der Waals surface area (Å²) in [6.45, 7) is 10.6. The molecule has 9 aromatic carbocycles. The molecule has 646 valence electrons. The molecule has 34 heteroatoms. The molecule has 0 saturated heterocycles. The van der Waals surface area contributed by atoms with Crippen LogP contribution in [0.4, 0.5) is 42.4 Å². The highest BCUT2D eigenvalue weighted by molar-refractivity contribution is 14.1. The van der Waals surface area contributed by atoms with Crippen LogP contribution in [-0.4, -0.2) is 57.8 Å². The molecule has 0 aliphatic carbocycles. The van der Waals surface area contributed by atoms with Gasteiger partial charge in [-0.3, -0.25) is 24.0 Å². The lowest BCUT2D eigenvalue weighted by atomic mass is 9.99. The van der Waals surface area contributed by atoms with Crippen LogP contribution in [-0.2, 0) is 11.8 Å². The minimum Gasteiger partial charge on any atom is -0.496 e. The number of benzene rings is 9. The number of aromatic nitrogens is 8. The topological polar surface area (TPSA) is 329 Å². The molecule has 5 N–H and O–H groups in total. The zero-order chi connectivity index (χ0) is 90.7. The van der Waals surface area contributed by atoms with Gasteiger partial charge in [0.2, 0.25) is 27.1 Å². The third kappa shape index (κ3) is 18.1. The average molecular weight is 2030 g/mol. The fourth-order valence-electron chi connectivity index (χ4n) is 14.3. The Bertz CT molecular complexity index is 7640. The van der Waals surface area contributed by atoms with Gasteiger partial charge in [-0.1, -0.05) is 108 Å². The van der Waals surface area contributed by atoms with Crippen molar-refractivity contribution in [1.82, 2.24) is 39.5 Å². The van der Waals surface area contributed by atoms with Crippen LogP contribution in [0.1, 0.15) is 95.0 Å². The predicted octanol–water partition coefficient (Wildman–Crippen LogP) is 22.1. The van der Waals surface area contributed by atoms with Crippen LogP contribution in [0.2, 0.25) is 0 Å². The highest BCUT2D eigenvalue weighted by Crippen LogP contribution is 2.40. The summed E-state index contributed by atoms with van der Waals surface area (Å²) < 4.78 is 142. The fraction of sp³-hybridized carbons (Fsp3) is 0.151. The number of rotatable bonds is 15. The molecule has 0 aliphatic heterocycles. The van der Waals surface area contributed by atoms with Crippen LogP contribution in [0.3, 0.4) is 0 Å². The highest BCUT2D eigenvalue weighted by atomic mass is 127. The van der Waals surface area contributed by atoms with Crippen molar-refractivity contribution in [2.45, 2.75) is 84.0 Å². The molecule has 0 spiro atoms. The molecule has 127 heavy (non-hydrogen) atoms. The number of ether oxygens (including phenoxy) is 2. The molecule has 3 unspecified atom stereocenters. The van der Waals surface area contributed by atoms with Gasteiger partial charge in [0.25, 0.3) is 0 Å². The van der Waals surface area contributed by atoms with Gasteiger partial charge in [-0.2, -0.15) is 10.2 Å². The number of methoxy groups -OCH3 is 1. The Morgan fingerprint density at radius 1 is 0.441 bits per heavy atom. The minimum absolute atomic E-state index is 0.00854. The van der Waals surface area contributed by atoms with Gasteiger partial charge < -0.3 is 48.1 Å². The Labute approximate surface area is 753 Å². The van der Waals surface area contributed by atoms with E-state index in [1.165, 1.54) is 128 Å². The largest absolute Gasteiger partial charge is 0.496 e. The van der Waals surface area contributed by atoms with E-state index in [2.05, 4.69) is 101 Å². The summed E-state index contributed by atoms with van der Waals surface area (Å²) in [5.41, 5.74) is 14.6. The van der Waals surface area contributed by atoms with Crippen molar-refractivity contribution in [3.05, 3.63) is 334 Å². The Morgan fingerprint density at radius 3 is 1.40 bits per heavy atom. The zero-order valence-electron chi connectivity index (χ0n) is 67.7. The van der Waals surface area contributed by atoms with Crippen LogP contribution in [0, 0.1) is 44.4 Å². The van der Waals surface area contributed by atoms with Crippen molar-refractivity contribution < 1.29 is 67.4 Å². The van der Waals surface area contributed by atoms with Crippen LogP contribution in [0.5, 0.6) is 11.5 Å². The lowest BCUT2D eigenvalue weighted by Gasteiger charge is -2.17. The minimum atomic E-state index is -1.10. The smallest absolute Gasteiger partial charge is 0.210 e. The number of anilines is 2. The van der Waals surface area contributed by atoms with Gasteiger partial charge in [0.05, 0.1) is 46.0 Å². The number of aryl methyl sites for hydroxylation is 1. The van der Waals surface area contributed by atoms with Gasteiger partial charge in [0, 0.05) is 12.0 Å². The van der Waals surface area contributed by atoms with Gasteiger partial charge in [-0.15, -0.1) is 0 Å². The number of alkyl halides is 1. The second-order valence-electron chi connectivity index (χ2n) is 28.7. The Balaban J connectivity index is 0.000000132. The van der Waals surface area contributed by atoms with E-state index in [-0.39, 0.29) is 99.5 Å². The second kappa shape index (κ2) is 38.4. The van der Waals surface area contributed by atoms with Crippen LogP contribution >= 0.6 is 70.4 Å². The summed E-state index contributed by atoms with van der Waals surface area (Å²) in [6.07, 6.45) is 2.87. The summed E-state index contributed by atoms with van der Waals surface area (Å²) in [4.78, 5) is 80.6. The van der Waals surface area contributed by atoms with Gasteiger partial charge >= 0.3 is 0 Å². The van der Waals surface area contributed by atoms with Crippen LogP contribution in [0.15, 0.2) is 256 Å². The van der Waals surface area contributed by atoms with Crippen molar-refractivity contribution in [2.75, 3.05) is 18.6 Å². The standard InChI is InChI=1S/C25H20BrF2N5O3.C22H15FIN5O2.C17H12BrFO3.C17H12F2O3.C12H10BrFO2/c1-11(2)35-16-8-7-13(9-15(16)28)21-19-24(29)30-10-31-25(19)33(32-21)12(3)23-20(26)22(34)18-14(27)5-4-6-17(18)36-23;1-11(29-22-17(20(24)28-29)21(25)26-10-27-22)19-15(12-6-3-2-4-7-12)18(30)16-13(23)8-5-9-14(16)31-19;1-21-12-6-3-7-13-16(12)17(20)15(14(9-18)22-13)10-4-2-5-11(19)8-10;1-9(20)17-14(10-4-2-5-11(18)8-10)16(21)15-12(19)6-3-7-13(15)22-17;1-2-4-9-11(13)12(15)10-7(14)5-3-6-8(10)16-9/h4-12H,1-3H3,(H2,29,30,31);2-11H,1H3,(H2,25,26,27);2-8H,9H2,1H3;2-9,20H,1H3;3,5-6H,2,4H2,1H3. The maximum absolute atomic E-state index is 14.8. The van der Waals surface area contributed by atoms with E-state index in [9.17, 15) is 59.8 Å². The maximum atomic E-state index is 14.8. The molecule has 23 nitrogen and oxygen atoms in total. The molecular formula is C93H69Br3F7IN10O13. The number of nitrogens with zero attached hydrogens (tertiary/aromatic N) is 8. The third-order valence-corrected chi connectivity index (χ3v) is 22.8. The number of halogens is 11. The molecule has 0 bridgehead atoms. The Hall–Kier alpha value is -13.0. The molecule has 0 radical (unpaired) electrons. The fourth-order valence-corrected chi connectivity index (χ4v) is 16.5. The molecule has 0 fully saturated rings. The molecule has 0 amide bonds. The molecule has 0 aliphatic rings. The van der Waals surface area contributed by atoms with E-state index in [0.717, 1.165) is 18.6 Å². The van der Waals surface area contributed by atoms with Gasteiger partial charge in [-0.25, -0.2) is 60.0 Å². The zero-order valence-corrected chi connectivity index (χ0v) is 74.6. The summed E-state index contributed by atoms with van der Waals surface area (Å²) in [7, 11) is 1.49. The SMILES string of the molecule is CC(C)Oc1ccc(-c2nn(C(C)c3oc4cccc(F)c4c(=O)c3Br)c3ncnc(N)c23)cc1F.CC(O)c1oc2cccc(F)c2c(=O)c1-c1cccc(F)c1.CC(c1oc2cccc(F)c2c(=O)c1-c1ccccc1)n1nc(I)c2c(N)ncnc21.CCCc1oc2cccc(F)c2c(=O)c1Br.COc1cccc2oc(CBr)c(-c3cccc(F)c3)c(=O)c12. The number of nitrogens with two attached hydrogens (primary N) is 2. The molecule has 18 rings (SSSR count). The molecule has 9 aromatic heterocycles. The summed E-state index contributed by atoms with van der Waals surface area (Å²) in [6, 6.07) is 45.6. The first-order valence-corrected chi connectivity index (χ1v) is 42.6. The quantitative estimate of drug-likeness (QED) is 0.0487. The summed E-state index contributed by atoms with van der Waals surface area (Å²) in [5.74, 6) is -1.48. The second-order valence-corrected chi connectivity index (χ2v) is 31.9. The lowest BCUT2D eigenvalue weighted by molar-refractivity contribution is 0.171. The van der Waals surface area contributed by atoms with Crippen molar-refractivity contribution in [3.63, 3.8) is 0 Å². The van der Waals surface area contributed by atoms with E-state index >= 15 is 0 Å². The number of hydrogen-bond donors (Lipinski definition) is 3. The van der Waals surface area contributed by atoms with E-state index in [1.54, 1.807) is 86.1 Å². The monoisotopic (exact) mass is 2030 g/mol. The number of nitrogen functional groups attached to an aromatic ring is 2. The van der Waals surface area contributed by atoms with E-state index < -0.39 is 75.2 Å². The van der Waals surface area contributed by atoms with Crippen molar-refractivity contribution >= 4 is 159 Å². The predicted molar refractivity (Wildman–Crippen MR) is 489 cm³/mol. The third-order valence-electron chi connectivity index (χ3n) is 20.0. The van der Waals surface area contributed by atoms with Crippen molar-refractivity contribution in [2.24, 2.45) is 0 Å². The number of aliphatic hydroxyl groups is 1. The Morgan fingerprint density at radius 2 is 0.882 bits per heavy atom. The number of aliphatic hydroxyl groups excluding tert-OH is 1. The normalized spacial score (nSPS) is 12.0. The molecular weight excluding hydrogens is 1960 g/mol. The highest BCUT2D eigenvalue weighted by Gasteiger charge is 2.31. The van der Waals surface area contributed by atoms with Crippen LogP contribution < -0.4 is 48.1 Å². The molecule has 9 heterocycles. The van der Waals surface area contributed by atoms with E-state index in [1.807, 2.05) is 32.0 Å². The van der Waals surface area contributed by atoms with Gasteiger partial charge in [-0.05, 0) is 215 Å². The first kappa shape index (κ1) is 90.2. The lowest BCUT2D eigenvalue weighted by Crippen LogP contribution is -2.17. The van der Waals surface area contributed by atoms with E-state index in [0.29, 0.717) is 115 Å². The van der Waals surface area contributed by atoms with Gasteiger partial charge in [0.15, 0.2) is 22.9 Å². The van der Waals surface area contributed by atoms with Crippen molar-refractivity contribution in [3.8, 4) is 56.1 Å². The Kier molecular flexibility index (Phi) is 27.3. The number of hydrogen-bond acceptors (Lipinski definition) is 21. The number of fused-ring (bicyclic) bond motifs is 7. The van der Waals surface area contributed by atoms with Gasteiger partial charge in [0.1, 0.15) is 185 Å². The maximum Gasteiger partial charge on any atom is 0.210 e. The van der Waals surface area contributed by atoms with Crippen LogP contribution in [0.25, 0.3) is 122 Å². The average Bonchev–Trinajstić information content (AvgIpc) is 1.73. The molecule has 0 saturated carbocycles. The summed E-state index contributed by atoms with van der Waals surface area (Å²) >= 11 is 11.8. The first-order valence-electron chi connectivity index (χ1n) is 38.8.